The lowest BCUT2D eigenvalue weighted by atomic mass is 10.1. The number of Topliss-reactive ketones (excluding diaryl/α,β-unsaturated/α-hetero) is 1. The zero-order valence-electron chi connectivity index (χ0n) is 10.7. The Labute approximate surface area is 124 Å². The maximum absolute atomic E-state index is 12.5. The van der Waals surface area contributed by atoms with Gasteiger partial charge in [-0.25, -0.2) is 0 Å². The van der Waals surface area contributed by atoms with Crippen LogP contribution in [0.2, 0.25) is 5.02 Å². The van der Waals surface area contributed by atoms with Crippen molar-refractivity contribution in [2.75, 3.05) is 0 Å². The molecule has 0 atom stereocenters. The molecule has 0 saturated heterocycles. The van der Waals surface area contributed by atoms with Crippen LogP contribution >= 0.6 is 11.6 Å². The first-order chi connectivity index (χ1) is 9.88. The average Bonchev–Trinajstić information content (AvgIpc) is 2.45. The van der Waals surface area contributed by atoms with Gasteiger partial charge in [-0.2, -0.15) is 13.2 Å². The van der Waals surface area contributed by atoms with Crippen LogP contribution in [0.1, 0.15) is 15.9 Å². The van der Waals surface area contributed by atoms with Crippen molar-refractivity contribution in [3.05, 3.63) is 64.7 Å². The number of benzene rings is 2. The summed E-state index contributed by atoms with van der Waals surface area (Å²) in [5, 5.41) is 0.548. The summed E-state index contributed by atoms with van der Waals surface area (Å²) in [5.74, 6) is -2.02. The van der Waals surface area contributed by atoms with E-state index in [4.69, 9.17) is 16.3 Å². The molecule has 0 aliphatic heterocycles. The zero-order chi connectivity index (χ0) is 15.5. The average molecular weight is 315 g/mol. The third kappa shape index (κ3) is 3.98. The number of ketones is 1. The first kappa shape index (κ1) is 15.4. The van der Waals surface area contributed by atoms with Crippen molar-refractivity contribution in [1.29, 1.82) is 0 Å². The molecule has 2 nitrogen and oxygen atoms in total. The van der Waals surface area contributed by atoms with E-state index in [-0.39, 0.29) is 12.4 Å². The second kappa shape index (κ2) is 6.18. The van der Waals surface area contributed by atoms with Gasteiger partial charge in [0.1, 0.15) is 12.4 Å². The number of hydrogen-bond donors (Lipinski definition) is 0. The van der Waals surface area contributed by atoms with Crippen LogP contribution in [0.25, 0.3) is 0 Å². The van der Waals surface area contributed by atoms with Gasteiger partial charge in [0.2, 0.25) is 0 Å². The minimum absolute atomic E-state index is 0.0410. The summed E-state index contributed by atoms with van der Waals surface area (Å²) in [6.45, 7) is 0.0410. The molecule has 110 valence electrons. The summed E-state index contributed by atoms with van der Waals surface area (Å²) >= 11 is 5.74. The van der Waals surface area contributed by atoms with Gasteiger partial charge < -0.3 is 4.74 Å². The molecule has 0 unspecified atom stereocenters. The van der Waals surface area contributed by atoms with Crippen LogP contribution in [0.4, 0.5) is 13.2 Å². The SMILES string of the molecule is O=C(c1ccccc1OCc1ccc(Cl)cc1)C(F)(F)F. The molecule has 0 heterocycles. The third-order valence-corrected chi connectivity index (χ3v) is 2.95. The van der Waals surface area contributed by atoms with E-state index in [1.807, 2.05) is 0 Å². The lowest BCUT2D eigenvalue weighted by Gasteiger charge is -2.12. The Morgan fingerprint density at radius 1 is 1.05 bits per heavy atom. The topological polar surface area (TPSA) is 26.3 Å². The standard InChI is InChI=1S/C15H10ClF3O2/c16-11-7-5-10(6-8-11)9-21-13-4-2-1-3-12(13)14(20)15(17,18)19/h1-8H,9H2. The van der Waals surface area contributed by atoms with Crippen LogP contribution in [-0.4, -0.2) is 12.0 Å². The Morgan fingerprint density at radius 3 is 2.29 bits per heavy atom. The molecule has 2 rings (SSSR count). The molecule has 0 aromatic heterocycles. The maximum Gasteiger partial charge on any atom is 0.455 e. The molecule has 2 aromatic rings. The molecule has 0 spiro atoms. The van der Waals surface area contributed by atoms with Gasteiger partial charge in [0.25, 0.3) is 5.78 Å². The van der Waals surface area contributed by atoms with Gasteiger partial charge in [0.05, 0.1) is 5.56 Å². The summed E-state index contributed by atoms with van der Waals surface area (Å²) in [4.78, 5) is 11.3. The minimum atomic E-state index is -4.93. The lowest BCUT2D eigenvalue weighted by molar-refractivity contribution is -0.0886. The maximum atomic E-state index is 12.5. The van der Waals surface area contributed by atoms with Crippen molar-refractivity contribution in [2.24, 2.45) is 0 Å². The van der Waals surface area contributed by atoms with E-state index in [0.29, 0.717) is 5.02 Å². The normalized spacial score (nSPS) is 11.2. The van der Waals surface area contributed by atoms with E-state index in [1.54, 1.807) is 24.3 Å². The smallest absolute Gasteiger partial charge is 0.455 e. The highest BCUT2D eigenvalue weighted by Crippen LogP contribution is 2.28. The second-order valence-electron chi connectivity index (χ2n) is 4.24. The van der Waals surface area contributed by atoms with Crippen LogP contribution in [0.3, 0.4) is 0 Å². The Kier molecular flexibility index (Phi) is 4.53. The number of hydrogen-bond acceptors (Lipinski definition) is 2. The molecule has 0 radical (unpaired) electrons. The van der Waals surface area contributed by atoms with Crippen LogP contribution in [0.15, 0.2) is 48.5 Å². The van der Waals surface area contributed by atoms with Crippen LogP contribution in [0.5, 0.6) is 5.75 Å². The first-order valence-electron chi connectivity index (χ1n) is 5.96. The Balaban J connectivity index is 2.17. The highest BCUT2D eigenvalue weighted by Gasteiger charge is 2.40. The molecule has 0 N–H and O–H groups in total. The van der Waals surface area contributed by atoms with Gasteiger partial charge in [0.15, 0.2) is 0 Å². The number of ether oxygens (including phenoxy) is 1. The van der Waals surface area contributed by atoms with Crippen molar-refractivity contribution >= 4 is 17.4 Å². The zero-order valence-corrected chi connectivity index (χ0v) is 11.4. The molecule has 0 bridgehead atoms. The molecule has 0 amide bonds. The van der Waals surface area contributed by atoms with E-state index in [9.17, 15) is 18.0 Å². The fourth-order valence-corrected chi connectivity index (χ4v) is 1.80. The minimum Gasteiger partial charge on any atom is -0.488 e. The molecule has 6 heteroatoms. The van der Waals surface area contributed by atoms with E-state index < -0.39 is 17.5 Å². The lowest BCUT2D eigenvalue weighted by Crippen LogP contribution is -2.23. The Hall–Kier alpha value is -2.01. The van der Waals surface area contributed by atoms with Crippen molar-refractivity contribution in [1.82, 2.24) is 0 Å². The van der Waals surface area contributed by atoms with E-state index >= 15 is 0 Å². The van der Waals surface area contributed by atoms with E-state index in [0.717, 1.165) is 11.6 Å². The fraction of sp³-hybridized carbons (Fsp3) is 0.133. The molecular weight excluding hydrogens is 305 g/mol. The van der Waals surface area contributed by atoms with Gasteiger partial charge in [-0.1, -0.05) is 35.9 Å². The molecule has 0 fully saturated rings. The van der Waals surface area contributed by atoms with Crippen molar-refractivity contribution in [2.45, 2.75) is 12.8 Å². The number of para-hydroxylation sites is 1. The summed E-state index contributed by atoms with van der Waals surface area (Å²) in [6, 6.07) is 12.0. The molecule has 21 heavy (non-hydrogen) atoms. The first-order valence-corrected chi connectivity index (χ1v) is 6.33. The quantitative estimate of drug-likeness (QED) is 0.767. The second-order valence-corrected chi connectivity index (χ2v) is 4.67. The van der Waals surface area contributed by atoms with Crippen molar-refractivity contribution < 1.29 is 22.7 Å². The Morgan fingerprint density at radius 2 is 1.67 bits per heavy atom. The molecule has 2 aromatic carbocycles. The van der Waals surface area contributed by atoms with Crippen LogP contribution < -0.4 is 4.74 Å². The third-order valence-electron chi connectivity index (χ3n) is 2.70. The monoisotopic (exact) mass is 314 g/mol. The van der Waals surface area contributed by atoms with Crippen LogP contribution in [0, 0.1) is 0 Å². The number of alkyl halides is 3. The van der Waals surface area contributed by atoms with Gasteiger partial charge in [0, 0.05) is 5.02 Å². The summed E-state index contributed by atoms with van der Waals surface area (Å²) in [6.07, 6.45) is -4.93. The number of carbonyl (C=O) groups excluding carboxylic acids is 1. The van der Waals surface area contributed by atoms with Crippen LogP contribution in [-0.2, 0) is 6.61 Å². The van der Waals surface area contributed by atoms with Gasteiger partial charge in [-0.05, 0) is 29.8 Å². The van der Waals surface area contributed by atoms with E-state index in [2.05, 4.69) is 0 Å². The summed E-state index contributed by atoms with van der Waals surface area (Å²) in [7, 11) is 0. The predicted octanol–water partition coefficient (Wildman–Crippen LogP) is 4.66. The summed E-state index contributed by atoms with van der Waals surface area (Å²) < 4.78 is 42.8. The number of carbonyl (C=O) groups is 1. The van der Waals surface area contributed by atoms with Gasteiger partial charge >= 0.3 is 6.18 Å². The fourth-order valence-electron chi connectivity index (χ4n) is 1.67. The number of rotatable bonds is 4. The highest BCUT2D eigenvalue weighted by atomic mass is 35.5. The van der Waals surface area contributed by atoms with Crippen molar-refractivity contribution in [3.8, 4) is 5.75 Å². The largest absolute Gasteiger partial charge is 0.488 e. The molecule has 0 aliphatic rings. The number of halogens is 4. The summed E-state index contributed by atoms with van der Waals surface area (Å²) in [5.41, 5.74) is 0.229. The Bertz CT molecular complexity index is 636. The molecule has 0 aliphatic carbocycles. The van der Waals surface area contributed by atoms with E-state index in [1.165, 1.54) is 18.2 Å². The predicted molar refractivity (Wildman–Crippen MR) is 72.6 cm³/mol. The van der Waals surface area contributed by atoms with Gasteiger partial charge in [-0.3, -0.25) is 4.79 Å². The van der Waals surface area contributed by atoms with Gasteiger partial charge in [-0.15, -0.1) is 0 Å². The molecule has 0 saturated carbocycles. The highest BCUT2D eigenvalue weighted by molar-refractivity contribution is 6.30. The molecular formula is C15H10ClF3O2. The van der Waals surface area contributed by atoms with Crippen molar-refractivity contribution in [3.63, 3.8) is 0 Å².